The number of hydrogen-bond acceptors (Lipinski definition) is 2. The zero-order valence-corrected chi connectivity index (χ0v) is 3.62. The molecule has 0 aromatic heterocycles. The Morgan fingerprint density at radius 2 is 1.83 bits per heavy atom. The summed E-state index contributed by atoms with van der Waals surface area (Å²) in [5.41, 5.74) is 7.08. The highest BCUT2D eigenvalue weighted by molar-refractivity contribution is 5.01. The molecule has 0 aromatic rings. The topological polar surface area (TPSA) is 24.1 Å². The molecule has 0 aromatic carbocycles. The normalized spacial score (nSPS) is 22.3. The maximum absolute atomic E-state index is 3.73. The third-order valence-corrected chi connectivity index (χ3v) is 0.802. The third kappa shape index (κ3) is 0.584. The first-order valence-corrected chi connectivity index (χ1v) is 2.02. The molecule has 1 saturated heterocycles. The highest BCUT2D eigenvalue weighted by Gasteiger charge is 1.98. The van der Waals surface area contributed by atoms with Crippen LogP contribution in [0.1, 0.15) is 0 Å². The standard InChI is InChI=1S/C4H8N2/c1-4-2-5-6-3-4/h5-6H,1-3H2. The molecule has 6 heavy (non-hydrogen) atoms. The van der Waals surface area contributed by atoms with Crippen molar-refractivity contribution in [3.05, 3.63) is 12.2 Å². The lowest BCUT2D eigenvalue weighted by molar-refractivity contribution is 0.689. The molecule has 1 fully saturated rings. The van der Waals surface area contributed by atoms with Crippen molar-refractivity contribution in [3.63, 3.8) is 0 Å². The predicted octanol–water partition coefficient (Wildman–Crippen LogP) is -0.350. The Bertz CT molecular complexity index is 59.9. The first-order valence-electron chi connectivity index (χ1n) is 2.02. The van der Waals surface area contributed by atoms with E-state index in [2.05, 4.69) is 17.4 Å². The van der Waals surface area contributed by atoms with Crippen molar-refractivity contribution in [2.45, 2.75) is 0 Å². The van der Waals surface area contributed by atoms with Crippen LogP contribution in [0.25, 0.3) is 0 Å². The molecule has 2 N–H and O–H groups in total. The summed E-state index contributed by atoms with van der Waals surface area (Å²) >= 11 is 0. The average molecular weight is 84.1 g/mol. The van der Waals surface area contributed by atoms with Crippen molar-refractivity contribution in [1.29, 1.82) is 0 Å². The molecule has 2 nitrogen and oxygen atoms in total. The van der Waals surface area contributed by atoms with Crippen LogP contribution >= 0.6 is 0 Å². The Hall–Kier alpha value is -0.340. The maximum Gasteiger partial charge on any atom is 0.0320 e. The highest BCUT2D eigenvalue weighted by atomic mass is 15.4. The van der Waals surface area contributed by atoms with Crippen LogP contribution in [-0.4, -0.2) is 13.1 Å². The lowest BCUT2D eigenvalue weighted by Gasteiger charge is -1.80. The molecule has 0 aliphatic carbocycles. The second-order valence-corrected chi connectivity index (χ2v) is 1.46. The smallest absolute Gasteiger partial charge is 0.0320 e. The molecule has 1 aliphatic rings. The van der Waals surface area contributed by atoms with Gasteiger partial charge in [-0.3, -0.25) is 10.9 Å². The molecule has 0 bridgehead atoms. The van der Waals surface area contributed by atoms with E-state index in [0.29, 0.717) is 0 Å². The largest absolute Gasteiger partial charge is 0.253 e. The van der Waals surface area contributed by atoms with Crippen LogP contribution in [0.5, 0.6) is 0 Å². The fourth-order valence-electron chi connectivity index (χ4n) is 0.437. The van der Waals surface area contributed by atoms with E-state index in [1.165, 1.54) is 5.57 Å². The van der Waals surface area contributed by atoms with Crippen molar-refractivity contribution in [2.75, 3.05) is 13.1 Å². The molecule has 0 spiro atoms. The zero-order valence-electron chi connectivity index (χ0n) is 3.62. The van der Waals surface area contributed by atoms with Gasteiger partial charge in [0.25, 0.3) is 0 Å². The Kier molecular flexibility index (Phi) is 0.900. The molecule has 0 unspecified atom stereocenters. The second-order valence-electron chi connectivity index (χ2n) is 1.46. The minimum absolute atomic E-state index is 0.931. The van der Waals surface area contributed by atoms with Crippen molar-refractivity contribution < 1.29 is 0 Å². The third-order valence-electron chi connectivity index (χ3n) is 0.802. The Labute approximate surface area is 37.2 Å². The summed E-state index contributed by atoms with van der Waals surface area (Å²) in [5.74, 6) is 0. The summed E-state index contributed by atoms with van der Waals surface area (Å²) in [5, 5.41) is 0. The van der Waals surface area contributed by atoms with Gasteiger partial charge in [0.05, 0.1) is 0 Å². The number of hydrogen-bond donors (Lipinski definition) is 2. The summed E-state index contributed by atoms with van der Waals surface area (Å²) in [7, 11) is 0. The molecule has 0 saturated carbocycles. The van der Waals surface area contributed by atoms with Crippen LogP contribution in [0.4, 0.5) is 0 Å². The van der Waals surface area contributed by atoms with Crippen LogP contribution < -0.4 is 10.9 Å². The van der Waals surface area contributed by atoms with Crippen LogP contribution in [0.2, 0.25) is 0 Å². The van der Waals surface area contributed by atoms with E-state index in [-0.39, 0.29) is 0 Å². The summed E-state index contributed by atoms with van der Waals surface area (Å²) in [6.07, 6.45) is 0. The summed E-state index contributed by atoms with van der Waals surface area (Å²) in [6, 6.07) is 0. The van der Waals surface area contributed by atoms with Gasteiger partial charge in [-0.2, -0.15) is 0 Å². The van der Waals surface area contributed by atoms with Gasteiger partial charge in [0.15, 0.2) is 0 Å². The van der Waals surface area contributed by atoms with Crippen LogP contribution in [0.3, 0.4) is 0 Å². The van der Waals surface area contributed by atoms with Gasteiger partial charge in [0, 0.05) is 13.1 Å². The van der Waals surface area contributed by atoms with Gasteiger partial charge < -0.3 is 0 Å². The van der Waals surface area contributed by atoms with E-state index in [1.807, 2.05) is 0 Å². The van der Waals surface area contributed by atoms with Crippen LogP contribution in [0.15, 0.2) is 12.2 Å². The number of nitrogens with one attached hydrogen (secondary N) is 2. The van der Waals surface area contributed by atoms with E-state index in [1.54, 1.807) is 0 Å². The Morgan fingerprint density at radius 3 is 2.00 bits per heavy atom. The van der Waals surface area contributed by atoms with Gasteiger partial charge in [-0.05, 0) is 5.57 Å². The molecule has 2 heteroatoms. The van der Waals surface area contributed by atoms with Gasteiger partial charge in [0.1, 0.15) is 0 Å². The lowest BCUT2D eigenvalue weighted by Crippen LogP contribution is -2.21. The van der Waals surface area contributed by atoms with Crippen molar-refractivity contribution in [2.24, 2.45) is 0 Å². The van der Waals surface area contributed by atoms with Crippen LogP contribution in [-0.2, 0) is 0 Å². The van der Waals surface area contributed by atoms with Crippen LogP contribution in [0, 0.1) is 0 Å². The van der Waals surface area contributed by atoms with E-state index < -0.39 is 0 Å². The van der Waals surface area contributed by atoms with Gasteiger partial charge in [-0.1, -0.05) is 6.58 Å². The van der Waals surface area contributed by atoms with Gasteiger partial charge in [0.2, 0.25) is 0 Å². The molecule has 34 valence electrons. The summed E-state index contributed by atoms with van der Waals surface area (Å²) < 4.78 is 0. The van der Waals surface area contributed by atoms with Gasteiger partial charge in [-0.15, -0.1) is 0 Å². The minimum Gasteiger partial charge on any atom is -0.253 e. The average Bonchev–Trinajstić information content (AvgIpc) is 1.86. The van der Waals surface area contributed by atoms with Crippen molar-refractivity contribution in [3.8, 4) is 0 Å². The fourth-order valence-corrected chi connectivity index (χ4v) is 0.437. The summed E-state index contributed by atoms with van der Waals surface area (Å²) in [6.45, 7) is 5.59. The zero-order chi connectivity index (χ0) is 4.41. The molecule has 0 amide bonds. The maximum atomic E-state index is 3.73. The van der Waals surface area contributed by atoms with E-state index in [4.69, 9.17) is 0 Å². The first-order chi connectivity index (χ1) is 2.89. The molecule has 1 aliphatic heterocycles. The molecule has 1 rings (SSSR count). The monoisotopic (exact) mass is 84.1 g/mol. The molecular formula is C4H8N2. The van der Waals surface area contributed by atoms with E-state index in [9.17, 15) is 0 Å². The molecule has 1 heterocycles. The van der Waals surface area contributed by atoms with Gasteiger partial charge >= 0.3 is 0 Å². The van der Waals surface area contributed by atoms with Gasteiger partial charge in [-0.25, -0.2) is 0 Å². The molecular weight excluding hydrogens is 76.1 g/mol. The first kappa shape index (κ1) is 3.84. The van der Waals surface area contributed by atoms with Crippen molar-refractivity contribution >= 4 is 0 Å². The second kappa shape index (κ2) is 1.41. The van der Waals surface area contributed by atoms with E-state index >= 15 is 0 Å². The fraction of sp³-hybridized carbons (Fsp3) is 0.500. The lowest BCUT2D eigenvalue weighted by atomic mass is 10.3. The number of rotatable bonds is 0. The van der Waals surface area contributed by atoms with Crippen molar-refractivity contribution in [1.82, 2.24) is 10.9 Å². The SMILES string of the molecule is C=C1CNNC1. The Morgan fingerprint density at radius 1 is 1.33 bits per heavy atom. The summed E-state index contributed by atoms with van der Waals surface area (Å²) in [4.78, 5) is 0. The quantitative estimate of drug-likeness (QED) is 0.392. The number of hydrazine groups is 1. The van der Waals surface area contributed by atoms with E-state index in [0.717, 1.165) is 13.1 Å². The highest BCUT2D eigenvalue weighted by Crippen LogP contribution is 1.86. The molecule has 0 radical (unpaired) electrons. The predicted molar refractivity (Wildman–Crippen MR) is 25.1 cm³/mol. The molecule has 0 atom stereocenters. The minimum atomic E-state index is 0.931. The Balaban J connectivity index is 2.37.